The molecule has 0 spiro atoms. The second-order valence-electron chi connectivity index (χ2n) is 3.37. The van der Waals surface area contributed by atoms with E-state index >= 15 is 0 Å². The average Bonchev–Trinajstić information content (AvgIpc) is 2.38. The number of rotatable bonds is 3. The highest BCUT2D eigenvalue weighted by atomic mass is 35.5. The number of hydrogen-bond acceptors (Lipinski definition) is 2. The minimum absolute atomic E-state index is 0. The van der Waals surface area contributed by atoms with Crippen LogP contribution in [-0.4, -0.2) is 0 Å². The Hall–Kier alpha value is -2.05. The fourth-order valence-corrected chi connectivity index (χ4v) is 1.35. The third kappa shape index (κ3) is 3.78. The van der Waals surface area contributed by atoms with Crippen molar-refractivity contribution in [3.8, 4) is 5.75 Å². The van der Waals surface area contributed by atoms with E-state index in [4.69, 9.17) is 10.1 Å². The lowest BCUT2D eigenvalue weighted by molar-refractivity contribution is -0.00000380. The molecule has 0 unspecified atom stereocenters. The lowest BCUT2D eigenvalue weighted by Gasteiger charge is -2.04. The predicted octanol–water partition coefficient (Wildman–Crippen LogP) is 0.754. The first-order chi connectivity index (χ1) is 7.88. The quantitative estimate of drug-likeness (QED) is 0.750. The largest absolute Gasteiger partial charge is 1.00 e. The van der Waals surface area contributed by atoms with Gasteiger partial charge in [-0.15, -0.1) is 0 Å². The van der Waals surface area contributed by atoms with Gasteiger partial charge in [0.2, 0.25) is 5.39 Å². The number of hydrogen-bond donors (Lipinski definition) is 0. The summed E-state index contributed by atoms with van der Waals surface area (Å²) in [5.41, 5.74) is 1.64. The second kappa shape index (κ2) is 6.51. The molecular formula is C13H11ClN2O. The molecule has 86 valence electrons. The van der Waals surface area contributed by atoms with E-state index in [0.717, 1.165) is 11.3 Å². The Morgan fingerprint density at radius 3 is 2.18 bits per heavy atom. The molecule has 17 heavy (non-hydrogen) atoms. The van der Waals surface area contributed by atoms with Gasteiger partial charge >= 0.3 is 5.69 Å². The van der Waals surface area contributed by atoms with Gasteiger partial charge in [-0.1, -0.05) is 30.3 Å². The molecule has 0 N–H and O–H groups in total. The molecule has 0 amide bonds. The molecule has 2 aromatic carbocycles. The van der Waals surface area contributed by atoms with E-state index in [-0.39, 0.29) is 12.4 Å². The van der Waals surface area contributed by atoms with Crippen LogP contribution in [0.4, 0.5) is 5.69 Å². The Morgan fingerprint density at radius 1 is 0.941 bits per heavy atom. The van der Waals surface area contributed by atoms with Crippen molar-refractivity contribution >= 4 is 5.69 Å². The molecular weight excluding hydrogens is 236 g/mol. The van der Waals surface area contributed by atoms with Crippen LogP contribution in [-0.2, 0) is 6.61 Å². The third-order valence-electron chi connectivity index (χ3n) is 2.20. The molecule has 0 heterocycles. The van der Waals surface area contributed by atoms with Gasteiger partial charge in [-0.3, -0.25) is 0 Å². The van der Waals surface area contributed by atoms with Crippen molar-refractivity contribution < 1.29 is 17.1 Å². The van der Waals surface area contributed by atoms with Crippen LogP contribution in [0.25, 0.3) is 4.98 Å². The zero-order valence-electron chi connectivity index (χ0n) is 9.08. The van der Waals surface area contributed by atoms with Gasteiger partial charge in [-0.05, 0) is 17.7 Å². The summed E-state index contributed by atoms with van der Waals surface area (Å²) in [6.07, 6.45) is 0. The van der Waals surface area contributed by atoms with Crippen LogP contribution >= 0.6 is 0 Å². The highest BCUT2D eigenvalue weighted by molar-refractivity contribution is 5.46. The van der Waals surface area contributed by atoms with E-state index in [0.29, 0.717) is 12.3 Å². The summed E-state index contributed by atoms with van der Waals surface area (Å²) in [4.78, 5) is 3.07. The first-order valence-electron chi connectivity index (χ1n) is 5.00. The van der Waals surface area contributed by atoms with Gasteiger partial charge in [0.1, 0.15) is 12.4 Å². The highest BCUT2D eigenvalue weighted by Crippen LogP contribution is 2.18. The molecule has 0 radical (unpaired) electrons. The molecule has 0 aromatic heterocycles. The highest BCUT2D eigenvalue weighted by Gasteiger charge is 2.03. The summed E-state index contributed by atoms with van der Waals surface area (Å²) in [7, 11) is 0. The monoisotopic (exact) mass is 246 g/mol. The summed E-state index contributed by atoms with van der Waals surface area (Å²) in [6, 6.07) is 16.9. The Kier molecular flexibility index (Phi) is 4.99. The predicted molar refractivity (Wildman–Crippen MR) is 62.0 cm³/mol. The summed E-state index contributed by atoms with van der Waals surface area (Å²) < 4.78 is 5.57. The first kappa shape index (κ1) is 13.0. The van der Waals surface area contributed by atoms with Gasteiger partial charge in [0.25, 0.3) is 0 Å². The van der Waals surface area contributed by atoms with Crippen molar-refractivity contribution in [2.24, 2.45) is 0 Å². The standard InChI is InChI=1S/C13H11N2O.ClH/c14-15-12-6-8-13(9-7-12)16-10-11-4-2-1-3-5-11;/h1-9H,10H2;1H/q+1;/p-1. The molecule has 2 rings (SSSR count). The van der Waals surface area contributed by atoms with E-state index in [2.05, 4.69) is 4.98 Å². The zero-order chi connectivity index (χ0) is 11.2. The van der Waals surface area contributed by atoms with Crippen LogP contribution in [0, 0.1) is 5.39 Å². The van der Waals surface area contributed by atoms with E-state index < -0.39 is 0 Å². The van der Waals surface area contributed by atoms with Crippen LogP contribution in [0.1, 0.15) is 5.56 Å². The van der Waals surface area contributed by atoms with Crippen molar-refractivity contribution in [2.75, 3.05) is 0 Å². The van der Waals surface area contributed by atoms with Gasteiger partial charge in [0, 0.05) is 12.1 Å². The maximum atomic E-state index is 8.52. The van der Waals surface area contributed by atoms with Crippen molar-refractivity contribution in [2.45, 2.75) is 6.61 Å². The van der Waals surface area contributed by atoms with Crippen LogP contribution < -0.4 is 17.1 Å². The van der Waals surface area contributed by atoms with Crippen molar-refractivity contribution in [3.05, 3.63) is 65.1 Å². The molecule has 0 aliphatic rings. The van der Waals surface area contributed by atoms with Gasteiger partial charge in [-0.2, -0.15) is 0 Å². The van der Waals surface area contributed by atoms with Crippen LogP contribution in [0.2, 0.25) is 0 Å². The Balaban J connectivity index is 0.00000144. The molecule has 0 bridgehead atoms. The Morgan fingerprint density at radius 2 is 1.59 bits per heavy atom. The van der Waals surface area contributed by atoms with E-state index in [1.807, 2.05) is 30.3 Å². The second-order valence-corrected chi connectivity index (χ2v) is 3.37. The van der Waals surface area contributed by atoms with Crippen molar-refractivity contribution in [3.63, 3.8) is 0 Å². The fraction of sp³-hybridized carbons (Fsp3) is 0.0769. The maximum Gasteiger partial charge on any atom is 0.385 e. The van der Waals surface area contributed by atoms with Gasteiger partial charge in [-0.25, -0.2) is 0 Å². The molecule has 0 saturated carbocycles. The lowest BCUT2D eigenvalue weighted by Crippen LogP contribution is -3.00. The topological polar surface area (TPSA) is 37.4 Å². The van der Waals surface area contributed by atoms with Gasteiger partial charge in [0.15, 0.2) is 4.98 Å². The smallest absolute Gasteiger partial charge is 0.385 e. The van der Waals surface area contributed by atoms with Crippen molar-refractivity contribution in [1.82, 2.24) is 0 Å². The SMILES string of the molecule is N#[N+]c1ccc(OCc2ccccc2)cc1.[Cl-]. The van der Waals surface area contributed by atoms with E-state index in [1.54, 1.807) is 24.3 Å². The summed E-state index contributed by atoms with van der Waals surface area (Å²) in [5, 5.41) is 8.52. The van der Waals surface area contributed by atoms with E-state index in [1.165, 1.54) is 0 Å². The Labute approximate surface area is 106 Å². The lowest BCUT2D eigenvalue weighted by atomic mass is 10.2. The van der Waals surface area contributed by atoms with Crippen LogP contribution in [0.5, 0.6) is 5.75 Å². The number of nitrogens with zero attached hydrogens (tertiary/aromatic N) is 2. The number of benzene rings is 2. The number of halogens is 1. The zero-order valence-corrected chi connectivity index (χ0v) is 9.84. The summed E-state index contributed by atoms with van der Waals surface area (Å²) >= 11 is 0. The fourth-order valence-electron chi connectivity index (χ4n) is 1.35. The van der Waals surface area contributed by atoms with Gasteiger partial charge in [0.05, 0.1) is 0 Å². The molecule has 4 heteroatoms. The van der Waals surface area contributed by atoms with Crippen molar-refractivity contribution in [1.29, 1.82) is 5.39 Å². The van der Waals surface area contributed by atoms with Crippen LogP contribution in [0.3, 0.4) is 0 Å². The average molecular weight is 247 g/mol. The normalized spacial score (nSPS) is 8.88. The van der Waals surface area contributed by atoms with Crippen LogP contribution in [0.15, 0.2) is 54.6 Å². The third-order valence-corrected chi connectivity index (χ3v) is 2.20. The molecule has 0 fully saturated rings. The minimum atomic E-state index is 0. The number of diazo groups is 1. The number of ether oxygens (including phenoxy) is 1. The molecule has 0 atom stereocenters. The van der Waals surface area contributed by atoms with E-state index in [9.17, 15) is 0 Å². The molecule has 0 saturated heterocycles. The molecule has 2 aromatic rings. The summed E-state index contributed by atoms with van der Waals surface area (Å²) in [6.45, 7) is 0.538. The molecule has 0 aliphatic carbocycles. The Bertz CT molecular complexity index is 491. The first-order valence-corrected chi connectivity index (χ1v) is 5.00. The van der Waals surface area contributed by atoms with Gasteiger partial charge < -0.3 is 17.1 Å². The summed E-state index contributed by atoms with van der Waals surface area (Å²) in [5.74, 6) is 0.760. The minimum Gasteiger partial charge on any atom is -1.00 e. The maximum absolute atomic E-state index is 8.52. The molecule has 3 nitrogen and oxygen atoms in total. The molecule has 0 aliphatic heterocycles.